The van der Waals surface area contributed by atoms with Gasteiger partial charge >= 0.3 is 0 Å². The first-order valence-corrected chi connectivity index (χ1v) is 28.0. The van der Waals surface area contributed by atoms with Crippen LogP contribution in [0.2, 0.25) is 0 Å². The Morgan fingerprint density at radius 2 is 0.986 bits per heavy atom. The van der Waals surface area contributed by atoms with Crippen LogP contribution in [-0.4, -0.2) is 6.71 Å². The van der Waals surface area contributed by atoms with Crippen LogP contribution in [0.5, 0.6) is 0 Å². The van der Waals surface area contributed by atoms with Gasteiger partial charge in [0.15, 0.2) is 0 Å². The number of benzene rings is 6. The van der Waals surface area contributed by atoms with Crippen LogP contribution in [0.25, 0.3) is 0 Å². The molecule has 0 bridgehead atoms. The topological polar surface area (TPSA) is 22.9 Å². The van der Waals surface area contributed by atoms with Crippen molar-refractivity contribution in [2.45, 2.75) is 187 Å². The van der Waals surface area contributed by atoms with Gasteiger partial charge in [-0.05, 0) is 183 Å². The minimum absolute atomic E-state index is 0.00120. The lowest BCUT2D eigenvalue weighted by Gasteiger charge is -2.48. The second-order valence-electron chi connectivity index (χ2n) is 28.3. The number of nitrogens with zero attached hydrogens (tertiary/aromatic N) is 3. The highest BCUT2D eigenvalue weighted by atomic mass is 16.3. The normalized spacial score (nSPS) is 19.9. The molecule has 0 fully saturated rings. The fourth-order valence-electron chi connectivity index (χ4n) is 14.2. The number of fused-ring (bicyclic) bond motifs is 8. The van der Waals surface area contributed by atoms with Crippen LogP contribution >= 0.6 is 0 Å². The fourth-order valence-corrected chi connectivity index (χ4v) is 14.2. The monoisotopic (exact) mass is 978 g/mol. The third-order valence-corrected chi connectivity index (χ3v) is 19.2. The number of furan rings is 1. The molecule has 0 saturated carbocycles. The first kappa shape index (κ1) is 49.0. The summed E-state index contributed by atoms with van der Waals surface area (Å²) in [6.45, 7) is 38.8. The van der Waals surface area contributed by atoms with Gasteiger partial charge in [-0.25, -0.2) is 0 Å². The maximum atomic E-state index is 7.90. The summed E-state index contributed by atoms with van der Waals surface area (Å²) in [5, 5.41) is 0. The summed E-state index contributed by atoms with van der Waals surface area (Å²) in [6.07, 6.45) is 6.78. The SMILES string of the molecule is Cc1cc(C(C)(C)C)ccc1N1c2cc(N(c3ccccc3)c3ccccc3)cc3c2B(c2cc4c(cc2N3c2ccc3c(c2)C(C)(C)CCC3(C)C)C(C)(C)CCC4(C)C)c2oc3c(c21)C(C)(C)CCC3(C)C. The minimum Gasteiger partial charge on any atom is -0.472 e. The van der Waals surface area contributed by atoms with E-state index in [-0.39, 0.29) is 44.6 Å². The van der Waals surface area contributed by atoms with Crippen LogP contribution in [0.1, 0.15) is 187 Å². The van der Waals surface area contributed by atoms with Crippen LogP contribution in [0, 0.1) is 6.92 Å². The maximum Gasteiger partial charge on any atom is 0.297 e. The average Bonchev–Trinajstić information content (AvgIpc) is 3.77. The third kappa shape index (κ3) is 7.35. The van der Waals surface area contributed by atoms with E-state index in [4.69, 9.17) is 4.42 Å². The molecule has 12 rings (SSSR count). The van der Waals surface area contributed by atoms with Crippen LogP contribution in [0.4, 0.5) is 51.2 Å². The molecule has 0 unspecified atom stereocenters. The summed E-state index contributed by atoms with van der Waals surface area (Å²) >= 11 is 0. The van der Waals surface area contributed by atoms with E-state index < -0.39 is 0 Å². The lowest BCUT2D eigenvalue weighted by Crippen LogP contribution is -2.61. The first-order valence-electron chi connectivity index (χ1n) is 28.0. The Hall–Kier alpha value is -5.94. The van der Waals surface area contributed by atoms with Gasteiger partial charge < -0.3 is 19.1 Å². The highest BCUT2D eigenvalue weighted by molar-refractivity contribution is 6.99. The lowest BCUT2D eigenvalue weighted by atomic mass is 9.35. The smallest absolute Gasteiger partial charge is 0.297 e. The van der Waals surface area contributed by atoms with Crippen LogP contribution in [0.3, 0.4) is 0 Å². The van der Waals surface area contributed by atoms with E-state index in [1.807, 2.05) is 0 Å². The molecule has 2 aliphatic heterocycles. The summed E-state index contributed by atoms with van der Waals surface area (Å²) in [5.74, 6) is 1.15. The van der Waals surface area contributed by atoms with Gasteiger partial charge in [0.1, 0.15) is 5.76 Å². The highest BCUT2D eigenvalue weighted by Crippen LogP contribution is 2.58. The molecule has 0 radical (unpaired) electrons. The maximum absolute atomic E-state index is 7.90. The molecular formula is C69H80BN3O. The Kier molecular flexibility index (Phi) is 10.6. The average molecular weight is 978 g/mol. The van der Waals surface area contributed by atoms with Crippen molar-refractivity contribution >= 4 is 74.5 Å². The number of hydrogen-bond acceptors (Lipinski definition) is 4. The van der Waals surface area contributed by atoms with Gasteiger partial charge in [0.2, 0.25) is 0 Å². The predicted octanol–water partition coefficient (Wildman–Crippen LogP) is 17.5. The molecule has 6 aromatic carbocycles. The van der Waals surface area contributed by atoms with E-state index in [9.17, 15) is 0 Å². The molecule has 1 aromatic heterocycles. The van der Waals surface area contributed by atoms with Crippen molar-refractivity contribution in [3.8, 4) is 0 Å². The molecule has 3 heterocycles. The van der Waals surface area contributed by atoms with Crippen LogP contribution < -0.4 is 31.3 Å². The van der Waals surface area contributed by atoms with Crippen molar-refractivity contribution < 1.29 is 4.42 Å². The van der Waals surface area contributed by atoms with Crippen LogP contribution in [-0.2, 0) is 37.9 Å². The number of rotatable bonds is 5. The molecule has 5 heteroatoms. The zero-order valence-electron chi connectivity index (χ0n) is 47.6. The van der Waals surface area contributed by atoms with Crippen molar-refractivity contribution in [1.82, 2.24) is 0 Å². The van der Waals surface area contributed by atoms with Crippen molar-refractivity contribution in [1.29, 1.82) is 0 Å². The van der Waals surface area contributed by atoms with Gasteiger partial charge in [-0.2, -0.15) is 0 Å². The molecular weight excluding hydrogens is 898 g/mol. The molecule has 0 atom stereocenters. The van der Waals surface area contributed by atoms with Crippen molar-refractivity contribution in [3.05, 3.63) is 166 Å². The summed E-state index contributed by atoms with van der Waals surface area (Å²) in [7, 11) is 0. The Balaban J connectivity index is 1.27. The Bertz CT molecular complexity index is 3380. The largest absolute Gasteiger partial charge is 0.472 e. The number of anilines is 9. The lowest BCUT2D eigenvalue weighted by molar-refractivity contribution is 0.282. The van der Waals surface area contributed by atoms with Gasteiger partial charge in [-0.15, -0.1) is 0 Å². The summed E-state index contributed by atoms with van der Waals surface area (Å²) in [4.78, 5) is 7.87. The number of hydrogen-bond donors (Lipinski definition) is 0. The quantitative estimate of drug-likeness (QED) is 0.160. The van der Waals surface area contributed by atoms with Gasteiger partial charge in [0, 0.05) is 50.8 Å². The minimum atomic E-state index is -0.154. The predicted molar refractivity (Wildman–Crippen MR) is 317 cm³/mol. The molecule has 3 aliphatic carbocycles. The Labute approximate surface area is 444 Å². The second-order valence-corrected chi connectivity index (χ2v) is 28.3. The molecule has 4 nitrogen and oxygen atoms in total. The molecule has 74 heavy (non-hydrogen) atoms. The van der Waals surface area contributed by atoms with Gasteiger partial charge in [0.05, 0.1) is 17.0 Å². The molecule has 0 saturated heterocycles. The van der Waals surface area contributed by atoms with E-state index in [2.05, 4.69) is 247 Å². The zero-order valence-corrected chi connectivity index (χ0v) is 47.6. The highest BCUT2D eigenvalue weighted by Gasteiger charge is 2.54. The second kappa shape index (κ2) is 16.0. The van der Waals surface area contributed by atoms with E-state index in [0.29, 0.717) is 0 Å². The zero-order chi connectivity index (χ0) is 52.4. The first-order chi connectivity index (χ1) is 34.7. The molecule has 380 valence electrons. The van der Waals surface area contributed by atoms with Crippen molar-refractivity contribution in [2.75, 3.05) is 14.7 Å². The summed E-state index contributed by atoms with van der Waals surface area (Å²) < 4.78 is 7.90. The van der Waals surface area contributed by atoms with E-state index in [1.54, 1.807) is 0 Å². The van der Waals surface area contributed by atoms with Gasteiger partial charge in [0.25, 0.3) is 6.71 Å². The molecule has 0 spiro atoms. The molecule has 5 aliphatic rings. The third-order valence-electron chi connectivity index (χ3n) is 19.2. The van der Waals surface area contributed by atoms with Gasteiger partial charge in [-0.3, -0.25) is 0 Å². The molecule has 0 amide bonds. The number of para-hydroxylation sites is 2. The van der Waals surface area contributed by atoms with Crippen molar-refractivity contribution in [3.63, 3.8) is 0 Å². The summed E-state index contributed by atoms with van der Waals surface area (Å²) in [5.41, 5.74) is 24.2. The number of aryl methyl sites for hydroxylation is 1. The fraction of sp³-hybridized carbons (Fsp3) is 0.420. The van der Waals surface area contributed by atoms with E-state index in [1.165, 1.54) is 90.4 Å². The molecule has 0 N–H and O–H groups in total. The molecule has 7 aromatic rings. The Morgan fingerprint density at radius 3 is 1.55 bits per heavy atom. The van der Waals surface area contributed by atoms with Crippen molar-refractivity contribution in [2.24, 2.45) is 0 Å². The van der Waals surface area contributed by atoms with E-state index in [0.717, 1.165) is 60.6 Å². The Morgan fingerprint density at radius 1 is 0.473 bits per heavy atom. The van der Waals surface area contributed by atoms with Gasteiger partial charge in [-0.1, -0.05) is 165 Å². The summed E-state index contributed by atoms with van der Waals surface area (Å²) in [6, 6.07) is 47.2. The van der Waals surface area contributed by atoms with Crippen LogP contribution in [0.15, 0.2) is 126 Å². The van der Waals surface area contributed by atoms with E-state index >= 15 is 0 Å². The standard InChI is InChI=1S/C69H80BN3O/c1-43-37-44(63(2,3)4)27-30-54(43)73-57-40-48(71(45-23-19-17-20-24-45)46-25-21-18-22-26-46)39-56-59(57)70(62-60(73)58-61(74-62)69(15,16)36-35-68(58,13)14)53-41-51-52(67(11,12)34-33-66(51,9)10)42-55(53)72(56)47-28-29-49-50(38-47)65(7,8)32-31-64(49,5)6/h17-30,37-42H,31-36H2,1-16H3.